The minimum Gasteiger partial charge on any atom is -0.480 e. The van der Waals surface area contributed by atoms with E-state index < -0.39 is 5.97 Å². The summed E-state index contributed by atoms with van der Waals surface area (Å²) in [5, 5.41) is 20.5. The average molecular weight is 316 g/mol. The lowest BCUT2D eigenvalue weighted by Gasteiger charge is -2.02. The van der Waals surface area contributed by atoms with Gasteiger partial charge in [-0.3, -0.25) is 4.79 Å². The zero-order valence-corrected chi connectivity index (χ0v) is 10.7. The molecule has 0 atom stereocenters. The Morgan fingerprint density at radius 2 is 2.41 bits per heavy atom. The smallest absolute Gasteiger partial charge is 0.325 e. The quantitative estimate of drug-likeness (QED) is 0.901. The SMILES string of the molecule is O=C(O)Cn1nnnc1Sc1ncccc1Br. The van der Waals surface area contributed by atoms with Crippen LogP contribution in [-0.4, -0.2) is 36.3 Å². The van der Waals surface area contributed by atoms with E-state index in [9.17, 15) is 4.79 Å². The van der Waals surface area contributed by atoms with Gasteiger partial charge in [0.1, 0.15) is 11.6 Å². The van der Waals surface area contributed by atoms with Gasteiger partial charge in [0, 0.05) is 6.20 Å². The van der Waals surface area contributed by atoms with Crippen LogP contribution in [0.5, 0.6) is 0 Å². The molecule has 2 heterocycles. The minimum atomic E-state index is -1.00. The molecule has 0 radical (unpaired) electrons. The van der Waals surface area contributed by atoms with Gasteiger partial charge in [-0.05, 0) is 50.3 Å². The van der Waals surface area contributed by atoms with Crippen LogP contribution in [0.4, 0.5) is 0 Å². The number of hydrogen-bond donors (Lipinski definition) is 1. The molecule has 88 valence electrons. The van der Waals surface area contributed by atoms with E-state index in [1.54, 1.807) is 12.3 Å². The van der Waals surface area contributed by atoms with Crippen molar-refractivity contribution in [2.75, 3.05) is 0 Å². The fourth-order valence-electron chi connectivity index (χ4n) is 1.03. The molecular weight excluding hydrogens is 310 g/mol. The predicted molar refractivity (Wildman–Crippen MR) is 61.5 cm³/mol. The van der Waals surface area contributed by atoms with E-state index >= 15 is 0 Å². The Morgan fingerprint density at radius 1 is 1.59 bits per heavy atom. The third kappa shape index (κ3) is 3.01. The zero-order chi connectivity index (χ0) is 12.3. The molecule has 0 unspecified atom stereocenters. The van der Waals surface area contributed by atoms with Crippen LogP contribution < -0.4 is 0 Å². The monoisotopic (exact) mass is 315 g/mol. The molecule has 0 bridgehead atoms. The molecule has 0 saturated carbocycles. The first-order valence-corrected chi connectivity index (χ1v) is 6.04. The maximum absolute atomic E-state index is 10.6. The first kappa shape index (κ1) is 12.0. The molecule has 0 amide bonds. The number of aliphatic carboxylic acids is 1. The van der Waals surface area contributed by atoms with Gasteiger partial charge in [-0.1, -0.05) is 0 Å². The first-order chi connectivity index (χ1) is 8.16. The van der Waals surface area contributed by atoms with Crippen LogP contribution in [0.2, 0.25) is 0 Å². The minimum absolute atomic E-state index is 0.278. The summed E-state index contributed by atoms with van der Waals surface area (Å²) in [4.78, 5) is 14.7. The Kier molecular flexibility index (Phi) is 3.69. The van der Waals surface area contributed by atoms with Gasteiger partial charge < -0.3 is 5.11 Å². The summed E-state index contributed by atoms with van der Waals surface area (Å²) in [6.07, 6.45) is 1.64. The molecule has 0 aliphatic rings. The van der Waals surface area contributed by atoms with Crippen molar-refractivity contribution in [2.24, 2.45) is 0 Å². The van der Waals surface area contributed by atoms with Crippen molar-refractivity contribution in [1.82, 2.24) is 25.2 Å². The number of carboxylic acid groups (broad SMARTS) is 1. The van der Waals surface area contributed by atoms with E-state index in [0.717, 1.165) is 4.47 Å². The van der Waals surface area contributed by atoms with Crippen molar-refractivity contribution in [1.29, 1.82) is 0 Å². The lowest BCUT2D eigenvalue weighted by molar-refractivity contribution is -0.138. The Morgan fingerprint density at radius 3 is 3.12 bits per heavy atom. The van der Waals surface area contributed by atoms with E-state index in [1.807, 2.05) is 6.07 Å². The fraction of sp³-hybridized carbons (Fsp3) is 0.125. The third-order valence-electron chi connectivity index (χ3n) is 1.70. The standard InChI is InChI=1S/C8H6BrN5O2S/c9-5-2-1-3-10-7(5)17-8-11-12-13-14(8)4-6(15)16/h1-3H,4H2,(H,15,16). The number of nitrogens with zero attached hydrogens (tertiary/aromatic N) is 5. The van der Waals surface area contributed by atoms with E-state index in [-0.39, 0.29) is 6.54 Å². The van der Waals surface area contributed by atoms with Crippen LogP contribution in [0.25, 0.3) is 0 Å². The summed E-state index contributed by atoms with van der Waals surface area (Å²) in [7, 11) is 0. The Labute approximate surface area is 108 Å². The van der Waals surface area contributed by atoms with E-state index in [0.29, 0.717) is 10.2 Å². The average Bonchev–Trinajstić information content (AvgIpc) is 2.68. The second kappa shape index (κ2) is 5.23. The molecule has 2 rings (SSSR count). The van der Waals surface area contributed by atoms with E-state index in [2.05, 4.69) is 36.4 Å². The number of aromatic nitrogens is 5. The van der Waals surface area contributed by atoms with Crippen LogP contribution in [0.3, 0.4) is 0 Å². The molecule has 0 aliphatic heterocycles. The maximum atomic E-state index is 10.6. The number of hydrogen-bond acceptors (Lipinski definition) is 6. The predicted octanol–water partition coefficient (Wildman–Crippen LogP) is 1.07. The highest BCUT2D eigenvalue weighted by atomic mass is 79.9. The molecular formula is C8H6BrN5O2S. The summed E-state index contributed by atoms with van der Waals surface area (Å²) in [5.74, 6) is -1.00. The van der Waals surface area contributed by atoms with Gasteiger partial charge in [0.2, 0.25) is 5.16 Å². The van der Waals surface area contributed by atoms with Gasteiger partial charge >= 0.3 is 5.97 Å². The Balaban J connectivity index is 2.22. The van der Waals surface area contributed by atoms with Crippen molar-refractivity contribution in [3.63, 3.8) is 0 Å². The first-order valence-electron chi connectivity index (χ1n) is 4.43. The van der Waals surface area contributed by atoms with Crippen molar-refractivity contribution in [3.05, 3.63) is 22.8 Å². The van der Waals surface area contributed by atoms with Crippen LogP contribution in [-0.2, 0) is 11.3 Å². The topological polar surface area (TPSA) is 93.8 Å². The highest BCUT2D eigenvalue weighted by molar-refractivity contribution is 9.10. The van der Waals surface area contributed by atoms with E-state index in [1.165, 1.54) is 16.4 Å². The molecule has 0 aliphatic carbocycles. The zero-order valence-electron chi connectivity index (χ0n) is 8.32. The molecule has 0 aromatic carbocycles. The molecule has 7 nitrogen and oxygen atoms in total. The van der Waals surface area contributed by atoms with Gasteiger partial charge in [0.05, 0.1) is 4.47 Å². The van der Waals surface area contributed by atoms with Crippen LogP contribution in [0.15, 0.2) is 33.0 Å². The Hall–Kier alpha value is -1.48. The highest BCUT2D eigenvalue weighted by Crippen LogP contribution is 2.29. The molecule has 2 aromatic rings. The van der Waals surface area contributed by atoms with Crippen molar-refractivity contribution in [3.8, 4) is 0 Å². The van der Waals surface area contributed by atoms with Crippen LogP contribution in [0, 0.1) is 0 Å². The molecule has 0 saturated heterocycles. The van der Waals surface area contributed by atoms with Crippen LogP contribution in [0.1, 0.15) is 0 Å². The Bertz CT molecular complexity index is 546. The van der Waals surface area contributed by atoms with Gasteiger partial charge in [-0.2, -0.15) is 0 Å². The van der Waals surface area contributed by atoms with Crippen molar-refractivity contribution >= 4 is 33.7 Å². The van der Waals surface area contributed by atoms with Crippen molar-refractivity contribution < 1.29 is 9.90 Å². The van der Waals surface area contributed by atoms with Crippen molar-refractivity contribution in [2.45, 2.75) is 16.7 Å². The molecule has 0 spiro atoms. The number of pyridine rings is 1. The van der Waals surface area contributed by atoms with Crippen LogP contribution >= 0.6 is 27.7 Å². The molecule has 0 fully saturated rings. The molecule has 1 N–H and O–H groups in total. The largest absolute Gasteiger partial charge is 0.480 e. The summed E-state index contributed by atoms with van der Waals surface area (Å²) in [6, 6.07) is 3.62. The number of carboxylic acids is 1. The fourth-order valence-corrected chi connectivity index (χ4v) is 2.26. The second-order valence-corrected chi connectivity index (χ2v) is 4.72. The summed E-state index contributed by atoms with van der Waals surface area (Å²) >= 11 is 4.53. The van der Waals surface area contributed by atoms with Gasteiger partial charge in [0.25, 0.3) is 0 Å². The number of tetrazole rings is 1. The van der Waals surface area contributed by atoms with E-state index in [4.69, 9.17) is 5.11 Å². The molecule has 9 heteroatoms. The van der Waals surface area contributed by atoms with Gasteiger partial charge in [-0.25, -0.2) is 9.67 Å². The number of carbonyl (C=O) groups is 1. The third-order valence-corrected chi connectivity index (χ3v) is 3.59. The maximum Gasteiger partial charge on any atom is 0.325 e. The highest BCUT2D eigenvalue weighted by Gasteiger charge is 2.13. The number of rotatable bonds is 4. The lowest BCUT2D eigenvalue weighted by Crippen LogP contribution is -2.11. The van der Waals surface area contributed by atoms with Gasteiger partial charge in [0.15, 0.2) is 0 Å². The number of halogens is 1. The summed E-state index contributed by atoms with van der Waals surface area (Å²) in [6.45, 7) is -0.278. The lowest BCUT2D eigenvalue weighted by atomic mass is 10.5. The molecule has 17 heavy (non-hydrogen) atoms. The second-order valence-electron chi connectivity index (χ2n) is 2.91. The molecule has 2 aromatic heterocycles. The normalized spacial score (nSPS) is 10.4. The summed E-state index contributed by atoms with van der Waals surface area (Å²) < 4.78 is 2.00. The summed E-state index contributed by atoms with van der Waals surface area (Å²) in [5.41, 5.74) is 0. The van der Waals surface area contributed by atoms with Gasteiger partial charge in [-0.15, -0.1) is 5.10 Å².